The minimum atomic E-state index is -3.48. The standard InChI is InChI=1S/C10H16BrN3O3S/c1-8-7-17-9(3-11)5-14(8)18(15,16)10-4-12-13(2)6-10/h4,6,8-9H,3,5,7H2,1-2H3. The zero-order valence-corrected chi connectivity index (χ0v) is 12.7. The molecule has 2 heterocycles. The van der Waals surface area contributed by atoms with E-state index in [0.717, 1.165) is 0 Å². The Morgan fingerprint density at radius 1 is 1.61 bits per heavy atom. The number of nitrogens with zero attached hydrogens (tertiary/aromatic N) is 3. The van der Waals surface area contributed by atoms with Gasteiger partial charge in [0, 0.05) is 31.2 Å². The first-order valence-corrected chi connectivity index (χ1v) is 8.19. The molecule has 18 heavy (non-hydrogen) atoms. The normalized spacial score (nSPS) is 26.4. The molecular formula is C10H16BrN3O3S. The highest BCUT2D eigenvalue weighted by molar-refractivity contribution is 9.09. The van der Waals surface area contributed by atoms with Crippen LogP contribution in [0.1, 0.15) is 6.92 Å². The first-order chi connectivity index (χ1) is 8.45. The highest BCUT2D eigenvalue weighted by Crippen LogP contribution is 2.22. The van der Waals surface area contributed by atoms with Crippen LogP contribution in [0.25, 0.3) is 0 Å². The van der Waals surface area contributed by atoms with Gasteiger partial charge in [0.25, 0.3) is 0 Å². The van der Waals surface area contributed by atoms with E-state index in [9.17, 15) is 8.42 Å². The van der Waals surface area contributed by atoms with E-state index in [1.807, 2.05) is 6.92 Å². The number of morpholine rings is 1. The molecule has 0 bridgehead atoms. The van der Waals surface area contributed by atoms with Gasteiger partial charge in [0.2, 0.25) is 10.0 Å². The number of sulfonamides is 1. The van der Waals surface area contributed by atoms with Gasteiger partial charge in [-0.05, 0) is 6.92 Å². The lowest BCUT2D eigenvalue weighted by atomic mass is 10.2. The lowest BCUT2D eigenvalue weighted by Gasteiger charge is -2.36. The molecule has 0 spiro atoms. The van der Waals surface area contributed by atoms with E-state index >= 15 is 0 Å². The second kappa shape index (κ2) is 5.28. The summed E-state index contributed by atoms with van der Waals surface area (Å²) in [6.45, 7) is 2.62. The zero-order valence-electron chi connectivity index (χ0n) is 10.3. The number of aromatic nitrogens is 2. The lowest BCUT2D eigenvalue weighted by Crippen LogP contribution is -2.51. The molecule has 1 aliphatic heterocycles. The Labute approximate surface area is 115 Å². The third-order valence-electron chi connectivity index (χ3n) is 2.91. The summed E-state index contributed by atoms with van der Waals surface area (Å²) in [6, 6.07) is -0.162. The van der Waals surface area contributed by atoms with Gasteiger partial charge >= 0.3 is 0 Å². The van der Waals surface area contributed by atoms with Gasteiger partial charge in [0.15, 0.2) is 0 Å². The first-order valence-electron chi connectivity index (χ1n) is 5.63. The van der Waals surface area contributed by atoms with Crippen molar-refractivity contribution in [2.45, 2.75) is 24.0 Å². The third kappa shape index (κ3) is 2.61. The molecule has 0 radical (unpaired) electrons. The van der Waals surface area contributed by atoms with Crippen LogP contribution < -0.4 is 0 Å². The van der Waals surface area contributed by atoms with Crippen LogP contribution in [0.2, 0.25) is 0 Å². The third-order valence-corrected chi connectivity index (χ3v) is 5.56. The van der Waals surface area contributed by atoms with Crippen LogP contribution in [0.5, 0.6) is 0 Å². The number of aryl methyl sites for hydroxylation is 1. The van der Waals surface area contributed by atoms with Crippen LogP contribution >= 0.6 is 15.9 Å². The minimum absolute atomic E-state index is 0.104. The molecule has 102 valence electrons. The molecule has 0 aliphatic carbocycles. The van der Waals surface area contributed by atoms with Crippen LogP contribution in [-0.2, 0) is 21.8 Å². The summed E-state index contributed by atoms with van der Waals surface area (Å²) >= 11 is 3.32. The number of rotatable bonds is 3. The van der Waals surface area contributed by atoms with E-state index in [1.54, 1.807) is 7.05 Å². The van der Waals surface area contributed by atoms with E-state index in [4.69, 9.17) is 4.74 Å². The van der Waals surface area contributed by atoms with E-state index in [2.05, 4.69) is 21.0 Å². The summed E-state index contributed by atoms with van der Waals surface area (Å²) in [7, 11) is -1.79. The highest BCUT2D eigenvalue weighted by atomic mass is 79.9. The molecule has 1 aliphatic rings. The van der Waals surface area contributed by atoms with Crippen LogP contribution in [0.15, 0.2) is 17.3 Å². The summed E-state index contributed by atoms with van der Waals surface area (Å²) in [5.41, 5.74) is 0. The Kier molecular flexibility index (Phi) is 4.10. The Bertz CT molecular complexity index is 516. The Morgan fingerprint density at radius 3 is 2.89 bits per heavy atom. The second-order valence-corrected chi connectivity index (χ2v) is 6.92. The number of hydrogen-bond donors (Lipinski definition) is 0. The smallest absolute Gasteiger partial charge is 0.246 e. The largest absolute Gasteiger partial charge is 0.374 e. The number of halogens is 1. The molecule has 2 atom stereocenters. The Morgan fingerprint density at radius 2 is 2.33 bits per heavy atom. The summed E-state index contributed by atoms with van der Waals surface area (Å²) in [4.78, 5) is 0.229. The molecule has 0 amide bonds. The van der Waals surface area contributed by atoms with Gasteiger partial charge in [-0.3, -0.25) is 4.68 Å². The second-order valence-electron chi connectivity index (χ2n) is 4.38. The van der Waals surface area contributed by atoms with E-state index in [-0.39, 0.29) is 17.0 Å². The van der Waals surface area contributed by atoms with Crippen molar-refractivity contribution in [3.8, 4) is 0 Å². The Hall–Kier alpha value is -0.440. The fraction of sp³-hybridized carbons (Fsp3) is 0.700. The fourth-order valence-corrected chi connectivity index (χ4v) is 3.91. The molecule has 1 aromatic heterocycles. The topological polar surface area (TPSA) is 64.4 Å². The van der Waals surface area contributed by atoms with Crippen molar-refractivity contribution in [3.63, 3.8) is 0 Å². The van der Waals surface area contributed by atoms with E-state index in [0.29, 0.717) is 18.5 Å². The number of alkyl halides is 1. The summed E-state index contributed by atoms with van der Waals surface area (Å²) in [5.74, 6) is 0. The maximum absolute atomic E-state index is 12.5. The van der Waals surface area contributed by atoms with E-state index in [1.165, 1.54) is 21.4 Å². The predicted molar refractivity (Wildman–Crippen MR) is 70.1 cm³/mol. The fourth-order valence-electron chi connectivity index (χ4n) is 1.89. The molecule has 1 fully saturated rings. The molecule has 1 saturated heterocycles. The van der Waals surface area contributed by atoms with Gasteiger partial charge in [-0.25, -0.2) is 8.42 Å². The molecule has 0 saturated carbocycles. The molecule has 6 nitrogen and oxygen atoms in total. The van der Waals surface area contributed by atoms with Crippen molar-refractivity contribution in [1.29, 1.82) is 0 Å². The van der Waals surface area contributed by atoms with Gasteiger partial charge in [-0.15, -0.1) is 0 Å². The Balaban J connectivity index is 2.28. The molecule has 0 N–H and O–H groups in total. The van der Waals surface area contributed by atoms with Gasteiger partial charge in [-0.2, -0.15) is 9.40 Å². The summed E-state index contributed by atoms with van der Waals surface area (Å²) in [6.07, 6.45) is 2.79. The van der Waals surface area contributed by atoms with Crippen molar-refractivity contribution in [1.82, 2.24) is 14.1 Å². The summed E-state index contributed by atoms with van der Waals surface area (Å²) in [5, 5.41) is 4.54. The molecule has 2 unspecified atom stereocenters. The van der Waals surface area contributed by atoms with Crippen molar-refractivity contribution in [2.24, 2.45) is 7.05 Å². The summed E-state index contributed by atoms with van der Waals surface area (Å²) < 4.78 is 33.5. The average Bonchev–Trinajstić information content (AvgIpc) is 2.77. The molecular weight excluding hydrogens is 322 g/mol. The minimum Gasteiger partial charge on any atom is -0.374 e. The molecule has 0 aromatic carbocycles. The van der Waals surface area contributed by atoms with Gasteiger partial charge in [0.05, 0.1) is 18.9 Å². The monoisotopic (exact) mass is 337 g/mol. The predicted octanol–water partition coefficient (Wildman–Crippen LogP) is 0.593. The van der Waals surface area contributed by atoms with Crippen molar-refractivity contribution < 1.29 is 13.2 Å². The van der Waals surface area contributed by atoms with Crippen LogP contribution in [0.3, 0.4) is 0 Å². The van der Waals surface area contributed by atoms with Crippen molar-refractivity contribution in [3.05, 3.63) is 12.4 Å². The zero-order chi connectivity index (χ0) is 13.3. The number of ether oxygens (including phenoxy) is 1. The van der Waals surface area contributed by atoms with E-state index < -0.39 is 10.0 Å². The number of hydrogen-bond acceptors (Lipinski definition) is 4. The van der Waals surface area contributed by atoms with Crippen LogP contribution in [0, 0.1) is 0 Å². The SMILES string of the molecule is CC1COC(CBr)CN1S(=O)(=O)c1cnn(C)c1. The van der Waals surface area contributed by atoms with Gasteiger partial charge < -0.3 is 4.74 Å². The average molecular weight is 338 g/mol. The quantitative estimate of drug-likeness (QED) is 0.757. The lowest BCUT2D eigenvalue weighted by molar-refractivity contribution is -0.0139. The molecule has 8 heteroatoms. The maximum Gasteiger partial charge on any atom is 0.246 e. The van der Waals surface area contributed by atoms with Crippen molar-refractivity contribution >= 4 is 26.0 Å². The van der Waals surface area contributed by atoms with Crippen molar-refractivity contribution in [2.75, 3.05) is 18.5 Å². The van der Waals surface area contributed by atoms with Crippen LogP contribution in [0.4, 0.5) is 0 Å². The highest BCUT2D eigenvalue weighted by Gasteiger charge is 2.35. The molecule has 2 rings (SSSR count). The van der Waals surface area contributed by atoms with Gasteiger partial charge in [-0.1, -0.05) is 15.9 Å². The van der Waals surface area contributed by atoms with Gasteiger partial charge in [0.1, 0.15) is 4.90 Å². The van der Waals surface area contributed by atoms with Crippen LogP contribution in [-0.4, -0.2) is 53.1 Å². The maximum atomic E-state index is 12.5. The molecule has 1 aromatic rings. The first kappa shape index (κ1) is 14.0.